The van der Waals surface area contributed by atoms with Crippen LogP contribution in [0.15, 0.2) is 72.8 Å². The van der Waals surface area contributed by atoms with Crippen molar-refractivity contribution in [2.45, 2.75) is 27.2 Å². The fourth-order valence-corrected chi connectivity index (χ4v) is 5.55. The summed E-state index contributed by atoms with van der Waals surface area (Å²) in [5, 5.41) is 3.93. The number of carbonyl (C=O) groups is 1. The van der Waals surface area contributed by atoms with Gasteiger partial charge in [0.15, 0.2) is 0 Å². The van der Waals surface area contributed by atoms with Crippen molar-refractivity contribution in [1.82, 2.24) is 4.98 Å². The molecule has 5 aromatic rings. The van der Waals surface area contributed by atoms with Gasteiger partial charge in [-0.05, 0) is 72.9 Å². The Labute approximate surface area is 220 Å². The average molecular weight is 508 g/mol. The molecule has 2 heterocycles. The Bertz CT molecular complexity index is 1600. The molecule has 37 heavy (non-hydrogen) atoms. The molecule has 0 aliphatic heterocycles. The number of pyridine rings is 1. The summed E-state index contributed by atoms with van der Waals surface area (Å²) in [5.74, 6) is 0.566. The summed E-state index contributed by atoms with van der Waals surface area (Å²) in [6.45, 7) is 6.14. The molecule has 1 amide bonds. The van der Waals surface area contributed by atoms with E-state index >= 15 is 0 Å². The predicted molar refractivity (Wildman–Crippen MR) is 155 cm³/mol. The van der Waals surface area contributed by atoms with E-state index in [-0.39, 0.29) is 5.91 Å². The van der Waals surface area contributed by atoms with Gasteiger partial charge in [-0.1, -0.05) is 55.0 Å². The smallest absolute Gasteiger partial charge is 0.267 e. The fourth-order valence-electron chi connectivity index (χ4n) is 4.53. The number of rotatable bonds is 6. The molecule has 3 aromatic carbocycles. The molecule has 0 bridgehead atoms. The van der Waals surface area contributed by atoms with E-state index in [0.29, 0.717) is 10.6 Å². The molecule has 2 aromatic heterocycles. The van der Waals surface area contributed by atoms with E-state index in [0.717, 1.165) is 61.6 Å². The molecule has 0 atom stereocenters. The number of aromatic nitrogens is 1. The van der Waals surface area contributed by atoms with Crippen LogP contribution < -0.4 is 15.8 Å². The topological polar surface area (TPSA) is 77.2 Å². The molecule has 0 radical (unpaired) electrons. The van der Waals surface area contributed by atoms with Crippen LogP contribution in [0, 0.1) is 13.8 Å². The number of nitrogens with zero attached hydrogens (tertiary/aromatic N) is 1. The molecule has 5 rings (SSSR count). The number of hydrogen-bond donors (Lipinski definition) is 2. The standard InChI is InChI=1S/C31H29N3O2S/c1-5-20-8-6-7-19(3)28(20)34-30(35)29-27(32)26-24(21-11-9-18(2)10-12-21)17-25(33-31(26)37-29)22-13-15-23(36-4)16-14-22/h6-17H,5,32H2,1-4H3,(H,34,35). The number of nitrogens with two attached hydrogens (primary N) is 1. The molecule has 5 nitrogen and oxygen atoms in total. The van der Waals surface area contributed by atoms with Crippen LogP contribution in [-0.2, 0) is 6.42 Å². The third-order valence-corrected chi connectivity index (χ3v) is 7.73. The van der Waals surface area contributed by atoms with Gasteiger partial charge in [0.25, 0.3) is 5.91 Å². The lowest BCUT2D eigenvalue weighted by molar-refractivity contribution is 0.103. The largest absolute Gasteiger partial charge is 0.497 e. The minimum atomic E-state index is -0.217. The second-order valence-electron chi connectivity index (χ2n) is 9.09. The second kappa shape index (κ2) is 10.1. The van der Waals surface area contributed by atoms with Crippen LogP contribution >= 0.6 is 11.3 Å². The Kier molecular flexibility index (Phi) is 6.68. The van der Waals surface area contributed by atoms with E-state index in [1.807, 2.05) is 49.4 Å². The molecule has 6 heteroatoms. The van der Waals surface area contributed by atoms with Crippen molar-refractivity contribution in [3.63, 3.8) is 0 Å². The van der Waals surface area contributed by atoms with E-state index in [9.17, 15) is 4.79 Å². The third-order valence-electron chi connectivity index (χ3n) is 6.63. The number of anilines is 2. The van der Waals surface area contributed by atoms with Gasteiger partial charge in [0.05, 0.1) is 18.5 Å². The molecule has 0 unspecified atom stereocenters. The van der Waals surface area contributed by atoms with Crippen LogP contribution in [0.4, 0.5) is 11.4 Å². The monoisotopic (exact) mass is 507 g/mol. The molecule has 0 fully saturated rings. The number of thiophene rings is 1. The Morgan fingerprint density at radius 3 is 2.38 bits per heavy atom. The Morgan fingerprint density at radius 2 is 1.70 bits per heavy atom. The first kappa shape index (κ1) is 24.5. The number of methoxy groups -OCH3 is 1. The summed E-state index contributed by atoms with van der Waals surface area (Å²) >= 11 is 1.33. The number of para-hydroxylation sites is 1. The number of hydrogen-bond acceptors (Lipinski definition) is 5. The molecule has 0 saturated heterocycles. The average Bonchev–Trinajstić information content (AvgIpc) is 3.26. The highest BCUT2D eigenvalue weighted by atomic mass is 32.1. The van der Waals surface area contributed by atoms with Crippen LogP contribution in [0.3, 0.4) is 0 Å². The van der Waals surface area contributed by atoms with Gasteiger partial charge in [-0.2, -0.15) is 0 Å². The Balaban J connectivity index is 1.66. The number of fused-ring (bicyclic) bond motifs is 1. The van der Waals surface area contributed by atoms with Crippen molar-refractivity contribution in [2.75, 3.05) is 18.2 Å². The maximum atomic E-state index is 13.5. The maximum absolute atomic E-state index is 13.5. The molecule has 0 aliphatic rings. The summed E-state index contributed by atoms with van der Waals surface area (Å²) in [4.78, 5) is 19.7. The minimum Gasteiger partial charge on any atom is -0.497 e. The van der Waals surface area contributed by atoms with Crippen molar-refractivity contribution in [3.05, 3.63) is 94.4 Å². The highest BCUT2D eigenvalue weighted by Crippen LogP contribution is 2.42. The van der Waals surface area contributed by atoms with E-state index in [1.165, 1.54) is 16.9 Å². The van der Waals surface area contributed by atoms with Gasteiger partial charge in [0, 0.05) is 16.6 Å². The van der Waals surface area contributed by atoms with Gasteiger partial charge in [0.2, 0.25) is 0 Å². The normalized spacial score (nSPS) is 11.0. The summed E-state index contributed by atoms with van der Waals surface area (Å²) in [5.41, 5.74) is 15.0. The van der Waals surface area contributed by atoms with Crippen LogP contribution in [0.1, 0.15) is 33.3 Å². The first-order valence-electron chi connectivity index (χ1n) is 12.2. The number of nitrogen functional groups attached to an aromatic ring is 1. The van der Waals surface area contributed by atoms with E-state index in [1.54, 1.807) is 7.11 Å². The Hall–Kier alpha value is -4.16. The lowest BCUT2D eigenvalue weighted by atomic mass is 9.98. The molecule has 186 valence electrons. The van der Waals surface area contributed by atoms with Gasteiger partial charge in [-0.25, -0.2) is 4.98 Å². The number of aryl methyl sites for hydroxylation is 3. The quantitative estimate of drug-likeness (QED) is 0.247. The lowest BCUT2D eigenvalue weighted by Gasteiger charge is -2.12. The van der Waals surface area contributed by atoms with E-state index in [2.05, 4.69) is 49.5 Å². The van der Waals surface area contributed by atoms with Crippen molar-refractivity contribution in [3.8, 4) is 28.1 Å². The zero-order valence-corrected chi connectivity index (χ0v) is 22.2. The molecule has 0 aliphatic carbocycles. The number of ether oxygens (including phenoxy) is 1. The summed E-state index contributed by atoms with van der Waals surface area (Å²) < 4.78 is 5.32. The number of benzene rings is 3. The molecule has 3 N–H and O–H groups in total. The molecular formula is C31H29N3O2S. The first-order chi connectivity index (χ1) is 17.9. The second-order valence-corrected chi connectivity index (χ2v) is 10.1. The van der Waals surface area contributed by atoms with Crippen molar-refractivity contribution < 1.29 is 9.53 Å². The van der Waals surface area contributed by atoms with Gasteiger partial charge in [-0.15, -0.1) is 11.3 Å². The highest BCUT2D eigenvalue weighted by molar-refractivity contribution is 7.21. The predicted octanol–water partition coefficient (Wildman–Crippen LogP) is 7.65. The zero-order valence-electron chi connectivity index (χ0n) is 21.4. The van der Waals surface area contributed by atoms with Gasteiger partial charge in [0.1, 0.15) is 15.5 Å². The summed E-state index contributed by atoms with van der Waals surface area (Å²) in [7, 11) is 1.65. The number of nitrogens with one attached hydrogen (secondary N) is 1. The highest BCUT2D eigenvalue weighted by Gasteiger charge is 2.22. The maximum Gasteiger partial charge on any atom is 0.267 e. The van der Waals surface area contributed by atoms with Crippen LogP contribution in [0.2, 0.25) is 0 Å². The van der Waals surface area contributed by atoms with Crippen LogP contribution in [0.5, 0.6) is 5.75 Å². The SMILES string of the molecule is CCc1cccc(C)c1NC(=O)c1sc2nc(-c3ccc(OC)cc3)cc(-c3ccc(C)cc3)c2c1N. The van der Waals surface area contributed by atoms with Crippen LogP contribution in [-0.4, -0.2) is 18.0 Å². The molecule has 0 spiro atoms. The third kappa shape index (κ3) is 4.68. The van der Waals surface area contributed by atoms with Crippen molar-refractivity contribution in [1.29, 1.82) is 0 Å². The Morgan fingerprint density at radius 1 is 1.00 bits per heavy atom. The molecular weight excluding hydrogens is 478 g/mol. The minimum absolute atomic E-state index is 0.217. The van der Waals surface area contributed by atoms with Gasteiger partial charge >= 0.3 is 0 Å². The summed E-state index contributed by atoms with van der Waals surface area (Å²) in [6, 6.07) is 24.2. The van der Waals surface area contributed by atoms with Crippen LogP contribution in [0.25, 0.3) is 32.6 Å². The number of carbonyl (C=O) groups excluding carboxylic acids is 1. The fraction of sp³-hybridized carbons (Fsp3) is 0.161. The lowest BCUT2D eigenvalue weighted by Crippen LogP contribution is -2.14. The van der Waals surface area contributed by atoms with E-state index in [4.69, 9.17) is 15.5 Å². The number of amides is 1. The zero-order chi connectivity index (χ0) is 26.1. The first-order valence-corrected chi connectivity index (χ1v) is 13.1. The van der Waals surface area contributed by atoms with Crippen molar-refractivity contribution in [2.24, 2.45) is 0 Å². The van der Waals surface area contributed by atoms with Gasteiger partial charge < -0.3 is 15.8 Å². The van der Waals surface area contributed by atoms with Gasteiger partial charge in [-0.3, -0.25) is 4.79 Å². The van der Waals surface area contributed by atoms with Crippen molar-refractivity contribution >= 4 is 38.8 Å². The summed E-state index contributed by atoms with van der Waals surface area (Å²) in [6.07, 6.45) is 0.823. The molecule has 0 saturated carbocycles. The van der Waals surface area contributed by atoms with E-state index < -0.39 is 0 Å².